The predicted molar refractivity (Wildman–Crippen MR) is 81.0 cm³/mol. The lowest BCUT2D eigenvalue weighted by atomic mass is 9.89. The average molecular weight is 294 g/mol. The Balaban J connectivity index is 2.37. The molecular weight excluding hydrogens is 268 g/mol. The maximum atomic E-state index is 11.9. The molecule has 1 rings (SSSR count). The van der Waals surface area contributed by atoms with E-state index in [1.54, 1.807) is 6.08 Å². The van der Waals surface area contributed by atoms with E-state index in [1.165, 1.54) is 0 Å². The summed E-state index contributed by atoms with van der Waals surface area (Å²) in [7, 11) is 0. The molecule has 1 saturated carbocycles. The Labute approximate surface area is 126 Å². The molecule has 1 fully saturated rings. The van der Waals surface area contributed by atoms with Crippen LogP contribution in [0.3, 0.4) is 0 Å². The second-order valence-electron chi connectivity index (χ2n) is 5.84. The Morgan fingerprint density at radius 1 is 1.24 bits per heavy atom. The van der Waals surface area contributed by atoms with Crippen molar-refractivity contribution in [2.45, 2.75) is 64.7 Å². The van der Waals surface area contributed by atoms with Gasteiger partial charge in [-0.25, -0.2) is 0 Å². The van der Waals surface area contributed by atoms with Crippen LogP contribution in [0.4, 0.5) is 0 Å². The third-order valence-electron chi connectivity index (χ3n) is 4.09. The van der Waals surface area contributed by atoms with Gasteiger partial charge in [0.2, 0.25) is 0 Å². The zero-order valence-electron chi connectivity index (χ0n) is 12.8. The van der Waals surface area contributed by atoms with Gasteiger partial charge < -0.3 is 5.11 Å². The fourth-order valence-electron chi connectivity index (χ4n) is 2.92. The summed E-state index contributed by atoms with van der Waals surface area (Å²) in [5.74, 6) is -0.108. The lowest BCUT2D eigenvalue weighted by Gasteiger charge is -2.14. The molecule has 118 valence electrons. The Bertz CT molecular complexity index is 398. The molecule has 1 aliphatic rings. The zero-order valence-corrected chi connectivity index (χ0v) is 12.8. The molecular formula is C17H26O4. The highest BCUT2D eigenvalue weighted by Crippen LogP contribution is 2.33. The smallest absolute Gasteiger partial charge is 0.303 e. The lowest BCUT2D eigenvalue weighted by Crippen LogP contribution is -2.13. The Kier molecular flexibility index (Phi) is 7.95. The number of aliphatic carboxylic acids is 1. The number of hydrogen-bond acceptors (Lipinski definition) is 3. The van der Waals surface area contributed by atoms with E-state index in [0.29, 0.717) is 25.0 Å². The van der Waals surface area contributed by atoms with Crippen molar-refractivity contribution in [2.75, 3.05) is 0 Å². The molecule has 21 heavy (non-hydrogen) atoms. The van der Waals surface area contributed by atoms with Crippen molar-refractivity contribution in [3.8, 4) is 0 Å². The van der Waals surface area contributed by atoms with Gasteiger partial charge in [-0.05, 0) is 37.7 Å². The first-order chi connectivity index (χ1) is 10.0. The second-order valence-corrected chi connectivity index (χ2v) is 5.84. The third kappa shape index (κ3) is 6.69. The minimum absolute atomic E-state index is 0.0282. The number of Topliss-reactive ketones (excluding diaryl/α,β-unsaturated/α-hetero) is 1. The molecule has 2 atom stereocenters. The van der Waals surface area contributed by atoms with Gasteiger partial charge in [0, 0.05) is 25.2 Å². The van der Waals surface area contributed by atoms with Crippen LogP contribution in [-0.4, -0.2) is 22.6 Å². The third-order valence-corrected chi connectivity index (χ3v) is 4.09. The minimum atomic E-state index is -0.762. The zero-order chi connectivity index (χ0) is 15.7. The topological polar surface area (TPSA) is 71.4 Å². The van der Waals surface area contributed by atoms with Crippen LogP contribution in [0.1, 0.15) is 64.7 Å². The van der Waals surface area contributed by atoms with Crippen LogP contribution in [-0.2, 0) is 14.4 Å². The van der Waals surface area contributed by atoms with Crippen LogP contribution in [0.2, 0.25) is 0 Å². The van der Waals surface area contributed by atoms with Crippen molar-refractivity contribution in [2.24, 2.45) is 11.8 Å². The second kappa shape index (κ2) is 9.48. The number of unbranched alkanes of at least 4 members (excludes halogenated alkanes) is 2. The molecule has 1 aliphatic carbocycles. The lowest BCUT2D eigenvalue weighted by molar-refractivity contribution is -0.137. The summed E-state index contributed by atoms with van der Waals surface area (Å²) in [5.41, 5.74) is 0. The van der Waals surface area contributed by atoms with Gasteiger partial charge in [-0.1, -0.05) is 25.8 Å². The molecule has 0 aromatic heterocycles. The maximum Gasteiger partial charge on any atom is 0.303 e. The summed E-state index contributed by atoms with van der Waals surface area (Å²) in [6, 6.07) is 0. The van der Waals surface area contributed by atoms with E-state index in [1.807, 2.05) is 13.0 Å². The number of allylic oxidation sites excluding steroid dienone is 2. The molecule has 0 aromatic carbocycles. The molecule has 0 aromatic rings. The summed E-state index contributed by atoms with van der Waals surface area (Å²) in [6.07, 6.45) is 9.85. The SMILES string of the molecule is CCCC(=O)/C=C/C1CCC(=O)C1CCCCCC(=O)O. The van der Waals surface area contributed by atoms with E-state index in [-0.39, 0.29) is 24.0 Å². The molecule has 0 radical (unpaired) electrons. The highest BCUT2D eigenvalue weighted by Gasteiger charge is 2.32. The van der Waals surface area contributed by atoms with Gasteiger partial charge in [-0.3, -0.25) is 14.4 Å². The number of carboxylic acids is 1. The number of ketones is 2. The van der Waals surface area contributed by atoms with Gasteiger partial charge in [0.25, 0.3) is 0 Å². The minimum Gasteiger partial charge on any atom is -0.481 e. The number of carbonyl (C=O) groups is 3. The van der Waals surface area contributed by atoms with E-state index in [9.17, 15) is 14.4 Å². The van der Waals surface area contributed by atoms with Gasteiger partial charge in [-0.2, -0.15) is 0 Å². The summed E-state index contributed by atoms with van der Waals surface area (Å²) in [5, 5.41) is 8.58. The molecule has 0 aliphatic heterocycles. The molecule has 0 amide bonds. The first-order valence-corrected chi connectivity index (χ1v) is 8.00. The van der Waals surface area contributed by atoms with Crippen molar-refractivity contribution in [1.29, 1.82) is 0 Å². The Morgan fingerprint density at radius 2 is 2.00 bits per heavy atom. The van der Waals surface area contributed by atoms with Crippen LogP contribution in [0.15, 0.2) is 12.2 Å². The van der Waals surface area contributed by atoms with Crippen molar-refractivity contribution in [1.82, 2.24) is 0 Å². The van der Waals surface area contributed by atoms with Crippen LogP contribution >= 0.6 is 0 Å². The number of carboxylic acid groups (broad SMARTS) is 1. The quantitative estimate of drug-likeness (QED) is 0.494. The standard InChI is InChI=1S/C17H26O4/c1-2-6-14(18)11-9-13-10-12-16(19)15(13)7-4-3-5-8-17(20)21/h9,11,13,15H,2-8,10,12H2,1H3,(H,20,21)/b11-9+. The first-order valence-electron chi connectivity index (χ1n) is 8.00. The molecule has 4 nitrogen and oxygen atoms in total. The van der Waals surface area contributed by atoms with Crippen LogP contribution in [0.25, 0.3) is 0 Å². The highest BCUT2D eigenvalue weighted by molar-refractivity contribution is 5.90. The Hall–Kier alpha value is -1.45. The maximum absolute atomic E-state index is 11.9. The molecule has 0 spiro atoms. The van der Waals surface area contributed by atoms with E-state index in [4.69, 9.17) is 5.11 Å². The van der Waals surface area contributed by atoms with Crippen LogP contribution < -0.4 is 0 Å². The first kappa shape index (κ1) is 17.6. The predicted octanol–water partition coefficient (Wildman–Crippen LogP) is 3.54. The molecule has 1 N–H and O–H groups in total. The summed E-state index contributed by atoms with van der Waals surface area (Å²) < 4.78 is 0. The van der Waals surface area contributed by atoms with Gasteiger partial charge in [-0.15, -0.1) is 0 Å². The molecule has 0 bridgehead atoms. The summed E-state index contributed by atoms with van der Waals surface area (Å²) >= 11 is 0. The average Bonchev–Trinajstić information content (AvgIpc) is 2.77. The van der Waals surface area contributed by atoms with E-state index in [2.05, 4.69) is 0 Å². The highest BCUT2D eigenvalue weighted by atomic mass is 16.4. The number of carbonyl (C=O) groups excluding carboxylic acids is 2. The Morgan fingerprint density at radius 3 is 2.67 bits per heavy atom. The van der Waals surface area contributed by atoms with Crippen LogP contribution in [0.5, 0.6) is 0 Å². The normalized spacial score (nSPS) is 22.0. The van der Waals surface area contributed by atoms with Crippen molar-refractivity contribution >= 4 is 17.5 Å². The van der Waals surface area contributed by atoms with Crippen LogP contribution in [0, 0.1) is 11.8 Å². The molecule has 0 heterocycles. The fourth-order valence-corrected chi connectivity index (χ4v) is 2.92. The van der Waals surface area contributed by atoms with Crippen molar-refractivity contribution in [3.63, 3.8) is 0 Å². The van der Waals surface area contributed by atoms with Crippen molar-refractivity contribution < 1.29 is 19.5 Å². The number of hydrogen-bond donors (Lipinski definition) is 1. The molecule has 0 saturated heterocycles. The van der Waals surface area contributed by atoms with Gasteiger partial charge >= 0.3 is 5.97 Å². The fraction of sp³-hybridized carbons (Fsp3) is 0.706. The molecule has 2 unspecified atom stereocenters. The van der Waals surface area contributed by atoms with Gasteiger partial charge in [0.15, 0.2) is 5.78 Å². The van der Waals surface area contributed by atoms with Gasteiger partial charge in [0.1, 0.15) is 5.78 Å². The largest absolute Gasteiger partial charge is 0.481 e. The monoisotopic (exact) mass is 294 g/mol. The van der Waals surface area contributed by atoms with E-state index in [0.717, 1.165) is 32.1 Å². The summed E-state index contributed by atoms with van der Waals surface area (Å²) in [4.78, 5) is 33.9. The number of rotatable bonds is 10. The van der Waals surface area contributed by atoms with E-state index >= 15 is 0 Å². The van der Waals surface area contributed by atoms with E-state index < -0.39 is 5.97 Å². The van der Waals surface area contributed by atoms with Crippen molar-refractivity contribution in [3.05, 3.63) is 12.2 Å². The van der Waals surface area contributed by atoms with Gasteiger partial charge in [0.05, 0.1) is 0 Å². The summed E-state index contributed by atoms with van der Waals surface area (Å²) in [6.45, 7) is 1.98. The molecule has 4 heteroatoms.